The van der Waals surface area contributed by atoms with Gasteiger partial charge in [0, 0.05) is 13.3 Å². The SMILES string of the molecule is COc1c(I)cc(C(=O)OCCc2ccc(OC(C)=O)cc2)cc1I. The summed E-state index contributed by atoms with van der Waals surface area (Å²) in [5.41, 5.74) is 1.49. The summed E-state index contributed by atoms with van der Waals surface area (Å²) in [6, 6.07) is 10.6. The van der Waals surface area contributed by atoms with E-state index in [4.69, 9.17) is 14.2 Å². The Bertz CT molecular complexity index is 749. The van der Waals surface area contributed by atoms with Crippen LogP contribution in [0.3, 0.4) is 0 Å². The highest BCUT2D eigenvalue weighted by atomic mass is 127. The molecule has 0 aliphatic heterocycles. The number of halogens is 2. The van der Waals surface area contributed by atoms with E-state index < -0.39 is 0 Å². The molecule has 7 heteroatoms. The molecule has 0 aromatic heterocycles. The van der Waals surface area contributed by atoms with Crippen LogP contribution < -0.4 is 9.47 Å². The molecule has 25 heavy (non-hydrogen) atoms. The van der Waals surface area contributed by atoms with Gasteiger partial charge in [0.05, 0.1) is 26.4 Å². The van der Waals surface area contributed by atoms with Crippen molar-refractivity contribution in [2.75, 3.05) is 13.7 Å². The van der Waals surface area contributed by atoms with Crippen LogP contribution in [0.1, 0.15) is 22.8 Å². The summed E-state index contributed by atoms with van der Waals surface area (Å²) in [5, 5.41) is 0. The zero-order valence-corrected chi connectivity index (χ0v) is 18.0. The van der Waals surface area contributed by atoms with E-state index in [1.165, 1.54) is 6.92 Å². The average molecular weight is 566 g/mol. The average Bonchev–Trinajstić information content (AvgIpc) is 2.55. The molecule has 0 fully saturated rings. The van der Waals surface area contributed by atoms with Gasteiger partial charge in [-0.15, -0.1) is 0 Å². The van der Waals surface area contributed by atoms with Gasteiger partial charge in [-0.2, -0.15) is 0 Å². The van der Waals surface area contributed by atoms with Crippen molar-refractivity contribution in [1.29, 1.82) is 0 Å². The van der Waals surface area contributed by atoms with Gasteiger partial charge >= 0.3 is 11.9 Å². The van der Waals surface area contributed by atoms with Crippen molar-refractivity contribution in [3.8, 4) is 11.5 Å². The molecule has 0 heterocycles. The minimum atomic E-state index is -0.366. The molecule has 0 radical (unpaired) electrons. The molecule has 0 spiro atoms. The lowest BCUT2D eigenvalue weighted by Gasteiger charge is -2.10. The van der Waals surface area contributed by atoms with E-state index in [1.54, 1.807) is 31.4 Å². The molecule has 0 amide bonds. The van der Waals surface area contributed by atoms with Crippen molar-refractivity contribution in [3.63, 3.8) is 0 Å². The number of hydrogen-bond donors (Lipinski definition) is 0. The minimum absolute atomic E-state index is 0.269. The van der Waals surface area contributed by atoms with Crippen molar-refractivity contribution in [3.05, 3.63) is 54.7 Å². The molecular weight excluding hydrogens is 550 g/mol. The largest absolute Gasteiger partial charge is 0.495 e. The van der Waals surface area contributed by atoms with Gasteiger partial charge in [-0.25, -0.2) is 4.79 Å². The van der Waals surface area contributed by atoms with Crippen LogP contribution in [-0.4, -0.2) is 25.7 Å². The first-order valence-corrected chi connectivity index (χ1v) is 9.54. The van der Waals surface area contributed by atoms with Crippen molar-refractivity contribution in [2.24, 2.45) is 0 Å². The van der Waals surface area contributed by atoms with E-state index in [1.807, 2.05) is 12.1 Å². The maximum atomic E-state index is 12.2. The smallest absolute Gasteiger partial charge is 0.338 e. The Hall–Kier alpha value is -1.36. The van der Waals surface area contributed by atoms with Crippen LogP contribution in [-0.2, 0) is 16.0 Å². The fraction of sp³-hybridized carbons (Fsp3) is 0.222. The monoisotopic (exact) mass is 566 g/mol. The highest BCUT2D eigenvalue weighted by Crippen LogP contribution is 2.28. The van der Waals surface area contributed by atoms with Gasteiger partial charge < -0.3 is 14.2 Å². The second-order valence-electron chi connectivity index (χ2n) is 5.10. The van der Waals surface area contributed by atoms with E-state index in [-0.39, 0.29) is 18.5 Å². The third-order valence-corrected chi connectivity index (χ3v) is 4.85. The van der Waals surface area contributed by atoms with Gasteiger partial charge in [0.2, 0.25) is 0 Å². The number of carbonyl (C=O) groups excluding carboxylic acids is 2. The Kier molecular flexibility index (Phi) is 7.48. The molecule has 0 atom stereocenters. The second-order valence-corrected chi connectivity index (χ2v) is 7.42. The van der Waals surface area contributed by atoms with E-state index in [2.05, 4.69) is 45.2 Å². The van der Waals surface area contributed by atoms with E-state index in [9.17, 15) is 9.59 Å². The third-order valence-electron chi connectivity index (χ3n) is 3.25. The van der Waals surface area contributed by atoms with Gasteiger partial charge in [0.1, 0.15) is 11.5 Å². The zero-order valence-electron chi connectivity index (χ0n) is 13.7. The second kappa shape index (κ2) is 9.37. The van der Waals surface area contributed by atoms with Crippen molar-refractivity contribution >= 4 is 57.1 Å². The van der Waals surface area contributed by atoms with Crippen LogP contribution >= 0.6 is 45.2 Å². The molecule has 132 valence electrons. The summed E-state index contributed by atoms with van der Waals surface area (Å²) in [4.78, 5) is 23.1. The van der Waals surface area contributed by atoms with E-state index in [0.29, 0.717) is 17.7 Å². The lowest BCUT2D eigenvalue weighted by Crippen LogP contribution is -2.09. The first-order valence-electron chi connectivity index (χ1n) is 7.38. The summed E-state index contributed by atoms with van der Waals surface area (Å²) >= 11 is 4.26. The van der Waals surface area contributed by atoms with Crippen molar-refractivity contribution in [1.82, 2.24) is 0 Å². The Balaban J connectivity index is 1.91. The molecule has 2 rings (SSSR count). The molecule has 0 N–H and O–H groups in total. The summed E-state index contributed by atoms with van der Waals surface area (Å²) in [6.07, 6.45) is 0.580. The van der Waals surface area contributed by atoms with Crippen molar-refractivity contribution < 1.29 is 23.8 Å². The first-order chi connectivity index (χ1) is 11.9. The molecule has 0 unspecified atom stereocenters. The summed E-state index contributed by atoms with van der Waals surface area (Å²) in [6.45, 7) is 1.62. The quantitative estimate of drug-likeness (QED) is 0.298. The molecule has 0 aliphatic carbocycles. The molecule has 0 bridgehead atoms. The number of methoxy groups -OCH3 is 1. The van der Waals surface area contributed by atoms with Crippen LogP contribution in [0, 0.1) is 7.14 Å². The Morgan fingerprint density at radius 1 is 1.04 bits per heavy atom. The molecule has 0 saturated heterocycles. The lowest BCUT2D eigenvalue weighted by atomic mass is 10.1. The fourth-order valence-corrected chi connectivity index (χ4v) is 4.32. The molecule has 5 nitrogen and oxygen atoms in total. The van der Waals surface area contributed by atoms with Crippen molar-refractivity contribution in [2.45, 2.75) is 13.3 Å². The normalized spacial score (nSPS) is 10.2. The third kappa shape index (κ3) is 5.84. The molecular formula is C18H16I2O5. The van der Waals surface area contributed by atoms with Crippen LogP contribution in [0.4, 0.5) is 0 Å². The standard InChI is InChI=1S/C18H16I2O5/c1-11(21)25-14-5-3-12(4-6-14)7-8-24-18(22)13-9-15(19)17(23-2)16(20)10-13/h3-6,9-10H,7-8H2,1-2H3. The Labute approximate surface area is 173 Å². The number of carbonyl (C=O) groups is 2. The van der Waals surface area contributed by atoms with Gasteiger partial charge in [-0.3, -0.25) is 4.79 Å². The minimum Gasteiger partial charge on any atom is -0.495 e. The highest BCUT2D eigenvalue weighted by Gasteiger charge is 2.14. The fourth-order valence-electron chi connectivity index (χ4n) is 2.11. The Morgan fingerprint density at radius 2 is 1.64 bits per heavy atom. The number of benzene rings is 2. The molecule has 2 aromatic carbocycles. The van der Waals surface area contributed by atoms with Crippen LogP contribution in [0.2, 0.25) is 0 Å². The van der Waals surface area contributed by atoms with Gasteiger partial charge in [-0.05, 0) is 75.0 Å². The predicted molar refractivity (Wildman–Crippen MR) is 110 cm³/mol. The van der Waals surface area contributed by atoms with Gasteiger partial charge in [0.15, 0.2) is 0 Å². The van der Waals surface area contributed by atoms with E-state index >= 15 is 0 Å². The number of ether oxygens (including phenoxy) is 3. The number of rotatable bonds is 6. The number of esters is 2. The molecule has 0 aliphatic rings. The van der Waals surface area contributed by atoms with Crippen LogP contribution in [0.15, 0.2) is 36.4 Å². The van der Waals surface area contributed by atoms with Gasteiger partial charge in [0.25, 0.3) is 0 Å². The maximum absolute atomic E-state index is 12.2. The molecule has 2 aromatic rings. The zero-order chi connectivity index (χ0) is 18.4. The van der Waals surface area contributed by atoms with Gasteiger partial charge in [-0.1, -0.05) is 12.1 Å². The predicted octanol–water partition coefficient (Wildman–Crippen LogP) is 4.23. The molecule has 0 saturated carbocycles. The topological polar surface area (TPSA) is 61.8 Å². The van der Waals surface area contributed by atoms with Crippen LogP contribution in [0.25, 0.3) is 0 Å². The summed E-state index contributed by atoms with van der Waals surface area (Å²) in [7, 11) is 1.60. The maximum Gasteiger partial charge on any atom is 0.338 e. The Morgan fingerprint density at radius 3 is 2.16 bits per heavy atom. The number of hydrogen-bond acceptors (Lipinski definition) is 5. The first kappa shape index (κ1) is 20.0. The summed E-state index contributed by atoms with van der Waals surface area (Å²) in [5.74, 6) is 0.529. The highest BCUT2D eigenvalue weighted by molar-refractivity contribution is 14.1. The van der Waals surface area contributed by atoms with Crippen LogP contribution in [0.5, 0.6) is 11.5 Å². The summed E-state index contributed by atoms with van der Waals surface area (Å²) < 4.78 is 17.3. The van der Waals surface area contributed by atoms with E-state index in [0.717, 1.165) is 18.5 Å². The lowest BCUT2D eigenvalue weighted by molar-refractivity contribution is -0.131.